The van der Waals surface area contributed by atoms with E-state index in [4.69, 9.17) is 0 Å². The van der Waals surface area contributed by atoms with Gasteiger partial charge in [-0.25, -0.2) is 0 Å². The monoisotopic (exact) mass is 389 g/mol. The molecule has 3 heterocycles. The van der Waals surface area contributed by atoms with Crippen LogP contribution in [0.2, 0.25) is 0 Å². The van der Waals surface area contributed by atoms with Crippen LogP contribution in [0.1, 0.15) is 55.2 Å². The van der Waals surface area contributed by atoms with Gasteiger partial charge in [-0.15, -0.1) is 22.6 Å². The van der Waals surface area contributed by atoms with Crippen molar-refractivity contribution in [3.05, 3.63) is 47.5 Å². The lowest BCUT2D eigenvalue weighted by Gasteiger charge is -2.32. The first-order valence-electron chi connectivity index (χ1n) is 9.68. The minimum absolute atomic E-state index is 0. The average molecular weight is 390 g/mol. The highest BCUT2D eigenvalue weighted by Gasteiger charge is 2.29. The van der Waals surface area contributed by atoms with E-state index in [-0.39, 0.29) is 24.2 Å². The Labute approximate surface area is 166 Å². The molecule has 0 radical (unpaired) electrons. The van der Waals surface area contributed by atoms with Gasteiger partial charge in [0.25, 0.3) is 0 Å². The van der Waals surface area contributed by atoms with E-state index >= 15 is 0 Å². The van der Waals surface area contributed by atoms with Crippen LogP contribution in [0.15, 0.2) is 30.3 Å². The lowest BCUT2D eigenvalue weighted by Crippen LogP contribution is -2.39. The Balaban J connectivity index is 0.00000210. The molecule has 6 nitrogen and oxygen atoms in total. The molecule has 27 heavy (non-hydrogen) atoms. The predicted octanol–water partition coefficient (Wildman–Crippen LogP) is 2.70. The fourth-order valence-corrected chi connectivity index (χ4v) is 4.09. The Bertz CT molecular complexity index is 755. The van der Waals surface area contributed by atoms with Crippen molar-refractivity contribution in [2.45, 2.75) is 51.1 Å². The molecule has 1 aromatic carbocycles. The molecule has 0 bridgehead atoms. The number of carbonyl (C=O) groups is 1. The second kappa shape index (κ2) is 8.85. The van der Waals surface area contributed by atoms with Gasteiger partial charge in [0.1, 0.15) is 11.6 Å². The number of hydrogen-bond acceptors (Lipinski definition) is 4. The van der Waals surface area contributed by atoms with E-state index in [9.17, 15) is 4.79 Å². The van der Waals surface area contributed by atoms with Gasteiger partial charge in [0.15, 0.2) is 0 Å². The van der Waals surface area contributed by atoms with E-state index in [1.165, 1.54) is 5.56 Å². The fourth-order valence-electron chi connectivity index (χ4n) is 4.09. The molecule has 0 spiro atoms. The smallest absolute Gasteiger partial charge is 0.223 e. The zero-order chi connectivity index (χ0) is 17.9. The van der Waals surface area contributed by atoms with Crippen molar-refractivity contribution < 1.29 is 4.79 Å². The molecule has 2 aromatic rings. The molecular weight excluding hydrogens is 362 g/mol. The normalized spacial score (nSPS) is 18.5. The van der Waals surface area contributed by atoms with E-state index in [2.05, 4.69) is 39.1 Å². The summed E-state index contributed by atoms with van der Waals surface area (Å²) in [7, 11) is 0. The Morgan fingerprint density at radius 2 is 1.93 bits per heavy atom. The Hall–Kier alpha value is -1.92. The second-order valence-electron chi connectivity index (χ2n) is 7.47. The first-order chi connectivity index (χ1) is 12.7. The minimum Gasteiger partial charge on any atom is -0.343 e. The SMILES string of the molecule is CC(CC(=O)N1CCC(c2nnc3n2CCNC3)CC1)c1ccccc1.Cl. The van der Waals surface area contributed by atoms with Crippen LogP contribution in [-0.4, -0.2) is 45.2 Å². The number of nitrogens with zero attached hydrogens (tertiary/aromatic N) is 4. The van der Waals surface area contributed by atoms with Gasteiger partial charge in [0.05, 0.1) is 6.54 Å². The lowest BCUT2D eigenvalue weighted by atomic mass is 9.93. The Morgan fingerprint density at radius 3 is 2.67 bits per heavy atom. The molecule has 1 amide bonds. The molecule has 0 saturated carbocycles. The number of benzene rings is 1. The summed E-state index contributed by atoms with van der Waals surface area (Å²) in [6, 6.07) is 10.3. The van der Waals surface area contributed by atoms with Crippen LogP contribution in [0.5, 0.6) is 0 Å². The summed E-state index contributed by atoms with van der Waals surface area (Å²) in [6.45, 7) is 6.52. The van der Waals surface area contributed by atoms with Crippen molar-refractivity contribution in [2.75, 3.05) is 19.6 Å². The van der Waals surface area contributed by atoms with Gasteiger partial charge < -0.3 is 14.8 Å². The Kier molecular flexibility index (Phi) is 6.50. The highest BCUT2D eigenvalue weighted by Crippen LogP contribution is 2.29. The number of amides is 1. The third-order valence-electron chi connectivity index (χ3n) is 5.71. The van der Waals surface area contributed by atoms with Crippen molar-refractivity contribution in [2.24, 2.45) is 0 Å². The zero-order valence-electron chi connectivity index (χ0n) is 15.8. The molecule has 2 aliphatic rings. The number of rotatable bonds is 4. The highest BCUT2D eigenvalue weighted by molar-refractivity contribution is 5.85. The van der Waals surface area contributed by atoms with Gasteiger partial charge in [-0.2, -0.15) is 0 Å². The van der Waals surface area contributed by atoms with Crippen molar-refractivity contribution in [1.29, 1.82) is 0 Å². The first-order valence-corrected chi connectivity index (χ1v) is 9.68. The first kappa shape index (κ1) is 19.8. The molecule has 2 aliphatic heterocycles. The molecule has 4 rings (SSSR count). The third kappa shape index (κ3) is 4.33. The molecule has 1 N–H and O–H groups in total. The van der Waals surface area contributed by atoms with Gasteiger partial charge in [-0.05, 0) is 24.3 Å². The van der Waals surface area contributed by atoms with Crippen LogP contribution in [0, 0.1) is 0 Å². The predicted molar refractivity (Wildman–Crippen MR) is 107 cm³/mol. The number of nitrogens with one attached hydrogen (secondary N) is 1. The lowest BCUT2D eigenvalue weighted by molar-refractivity contribution is -0.132. The topological polar surface area (TPSA) is 63.1 Å². The standard InChI is InChI=1S/C20H27N5O.ClH/c1-15(16-5-3-2-4-6-16)13-19(26)24-10-7-17(8-11-24)20-23-22-18-14-21-9-12-25(18)20;/h2-6,15,17,21H,7-14H2,1H3;1H. The maximum absolute atomic E-state index is 12.7. The minimum atomic E-state index is 0. The summed E-state index contributed by atoms with van der Waals surface area (Å²) >= 11 is 0. The fraction of sp³-hybridized carbons (Fsp3) is 0.550. The maximum Gasteiger partial charge on any atom is 0.223 e. The second-order valence-corrected chi connectivity index (χ2v) is 7.47. The number of carbonyl (C=O) groups excluding carboxylic acids is 1. The summed E-state index contributed by atoms with van der Waals surface area (Å²) in [6.07, 6.45) is 2.55. The third-order valence-corrected chi connectivity index (χ3v) is 5.71. The largest absolute Gasteiger partial charge is 0.343 e. The number of halogens is 1. The van der Waals surface area contributed by atoms with E-state index < -0.39 is 0 Å². The quantitative estimate of drug-likeness (QED) is 0.873. The van der Waals surface area contributed by atoms with E-state index in [0.717, 1.165) is 57.2 Å². The van der Waals surface area contributed by atoms with Gasteiger partial charge in [0.2, 0.25) is 5.91 Å². The molecule has 1 saturated heterocycles. The van der Waals surface area contributed by atoms with Crippen LogP contribution < -0.4 is 5.32 Å². The van der Waals surface area contributed by atoms with Gasteiger partial charge >= 0.3 is 0 Å². The van der Waals surface area contributed by atoms with Gasteiger partial charge in [-0.1, -0.05) is 37.3 Å². The number of fused-ring (bicyclic) bond motifs is 1. The summed E-state index contributed by atoms with van der Waals surface area (Å²) in [4.78, 5) is 14.7. The maximum atomic E-state index is 12.7. The summed E-state index contributed by atoms with van der Waals surface area (Å²) in [5.74, 6) is 3.11. The van der Waals surface area contributed by atoms with Crippen LogP contribution in [0.4, 0.5) is 0 Å². The van der Waals surface area contributed by atoms with Crippen molar-refractivity contribution >= 4 is 18.3 Å². The summed E-state index contributed by atoms with van der Waals surface area (Å²) in [5, 5.41) is 12.1. The average Bonchev–Trinajstić information content (AvgIpc) is 3.13. The van der Waals surface area contributed by atoms with Crippen molar-refractivity contribution in [3.8, 4) is 0 Å². The summed E-state index contributed by atoms with van der Waals surface area (Å²) < 4.78 is 2.27. The number of hydrogen-bond donors (Lipinski definition) is 1. The highest BCUT2D eigenvalue weighted by atomic mass is 35.5. The van der Waals surface area contributed by atoms with Crippen LogP contribution in [0.3, 0.4) is 0 Å². The Morgan fingerprint density at radius 1 is 1.19 bits per heavy atom. The number of likely N-dealkylation sites (tertiary alicyclic amines) is 1. The van der Waals surface area contributed by atoms with Gasteiger partial charge in [-0.3, -0.25) is 4.79 Å². The molecule has 0 aliphatic carbocycles. The van der Waals surface area contributed by atoms with E-state index in [1.807, 2.05) is 23.1 Å². The molecule has 1 fully saturated rings. The van der Waals surface area contributed by atoms with Gasteiger partial charge in [0, 0.05) is 38.5 Å². The molecular formula is C20H28ClN5O. The van der Waals surface area contributed by atoms with Crippen LogP contribution in [0.25, 0.3) is 0 Å². The molecule has 7 heteroatoms. The molecule has 146 valence electrons. The summed E-state index contributed by atoms with van der Waals surface area (Å²) in [5.41, 5.74) is 1.24. The molecule has 1 atom stereocenters. The van der Waals surface area contributed by atoms with E-state index in [1.54, 1.807) is 0 Å². The zero-order valence-corrected chi connectivity index (χ0v) is 16.6. The van der Waals surface area contributed by atoms with Crippen LogP contribution in [-0.2, 0) is 17.9 Å². The number of aromatic nitrogens is 3. The van der Waals surface area contributed by atoms with E-state index in [0.29, 0.717) is 12.3 Å². The van der Waals surface area contributed by atoms with Crippen LogP contribution >= 0.6 is 12.4 Å². The van der Waals surface area contributed by atoms with Crippen molar-refractivity contribution in [3.63, 3.8) is 0 Å². The van der Waals surface area contributed by atoms with Crippen molar-refractivity contribution in [1.82, 2.24) is 25.0 Å². The number of piperidine rings is 1. The molecule has 1 aromatic heterocycles. The molecule has 1 unspecified atom stereocenters.